The van der Waals surface area contributed by atoms with Crippen molar-refractivity contribution in [1.82, 2.24) is 0 Å². The molecule has 0 aliphatic heterocycles. The standard InChI is InChI=1S/C25H24P2/c26-27(23-15-7-2-8-16-23,24-17-9-3-10-18-24,25-19-11-4-12-20-25)21-22-13-5-1-6-14-22/h1-20H,21,26H2. The molecule has 0 spiro atoms. The summed E-state index contributed by atoms with van der Waals surface area (Å²) in [6.45, 7) is 0. The van der Waals surface area contributed by atoms with E-state index in [1.807, 2.05) is 0 Å². The first kappa shape index (κ1) is 18.1. The summed E-state index contributed by atoms with van der Waals surface area (Å²) in [7, 11) is 3.40. The average molecular weight is 386 g/mol. The number of rotatable bonds is 5. The SMILES string of the molecule is PP(Cc1ccccc1)(c1ccccc1)(c1ccccc1)c1ccccc1. The summed E-state index contributed by atoms with van der Waals surface area (Å²) in [6.07, 6.45) is -1.78. The van der Waals surface area contributed by atoms with E-state index in [4.69, 9.17) is 0 Å². The Morgan fingerprint density at radius 2 is 0.741 bits per heavy atom. The number of hydrogen-bond donors (Lipinski definition) is 0. The minimum atomic E-state index is -2.76. The average Bonchev–Trinajstić information content (AvgIpc) is 2.76. The molecule has 2 heteroatoms. The van der Waals surface area contributed by atoms with Gasteiger partial charge in [-0.25, -0.2) is 0 Å². The molecule has 0 aliphatic rings. The van der Waals surface area contributed by atoms with E-state index in [9.17, 15) is 0 Å². The first-order valence-electron chi connectivity index (χ1n) is 9.24. The normalized spacial score (nSPS) is 12.9. The van der Waals surface area contributed by atoms with E-state index in [1.54, 1.807) is 0 Å². The van der Waals surface area contributed by atoms with Gasteiger partial charge in [0.15, 0.2) is 0 Å². The van der Waals surface area contributed by atoms with Crippen molar-refractivity contribution in [2.75, 3.05) is 0 Å². The molecule has 1 atom stereocenters. The van der Waals surface area contributed by atoms with Gasteiger partial charge in [0.05, 0.1) is 0 Å². The van der Waals surface area contributed by atoms with E-state index in [1.165, 1.54) is 21.5 Å². The van der Waals surface area contributed by atoms with Crippen LogP contribution in [0.3, 0.4) is 0 Å². The van der Waals surface area contributed by atoms with Crippen molar-refractivity contribution in [2.45, 2.75) is 6.16 Å². The van der Waals surface area contributed by atoms with Gasteiger partial charge in [-0.15, -0.1) is 0 Å². The zero-order valence-corrected chi connectivity index (χ0v) is 17.3. The van der Waals surface area contributed by atoms with Crippen LogP contribution in [0.5, 0.6) is 0 Å². The van der Waals surface area contributed by atoms with Crippen LogP contribution < -0.4 is 15.9 Å². The quantitative estimate of drug-likeness (QED) is 0.397. The molecular formula is C25H24P2. The predicted octanol–water partition coefficient (Wildman–Crippen LogP) is 5.51. The van der Waals surface area contributed by atoms with Crippen molar-refractivity contribution < 1.29 is 0 Å². The molecule has 134 valence electrons. The second-order valence-corrected chi connectivity index (χ2v) is 15.1. The zero-order valence-electron chi connectivity index (χ0n) is 15.3. The molecule has 1 unspecified atom stereocenters. The molecule has 0 nitrogen and oxygen atoms in total. The Hall–Kier alpha value is -2.26. The maximum absolute atomic E-state index is 3.40. The fourth-order valence-corrected chi connectivity index (χ4v) is 11.1. The molecule has 0 fully saturated rings. The van der Waals surface area contributed by atoms with Crippen molar-refractivity contribution in [2.24, 2.45) is 0 Å². The fraction of sp³-hybridized carbons (Fsp3) is 0.0400. The molecule has 27 heavy (non-hydrogen) atoms. The first-order valence-corrected chi connectivity index (χ1v) is 13.3. The monoisotopic (exact) mass is 386 g/mol. The van der Waals surface area contributed by atoms with Gasteiger partial charge in [-0.3, -0.25) is 0 Å². The Bertz CT molecular complexity index is 898. The van der Waals surface area contributed by atoms with Crippen molar-refractivity contribution in [3.63, 3.8) is 0 Å². The topological polar surface area (TPSA) is 0 Å². The van der Waals surface area contributed by atoms with E-state index in [2.05, 4.69) is 130 Å². The Morgan fingerprint density at radius 3 is 1.07 bits per heavy atom. The van der Waals surface area contributed by atoms with Gasteiger partial charge in [-0.05, 0) is 0 Å². The molecule has 0 N–H and O–H groups in total. The molecule has 4 aromatic carbocycles. The molecule has 0 radical (unpaired) electrons. The van der Waals surface area contributed by atoms with Crippen LogP contribution in [0.25, 0.3) is 0 Å². The molecule has 4 aromatic rings. The summed E-state index contributed by atoms with van der Waals surface area (Å²) in [5.74, 6) is 0. The van der Waals surface area contributed by atoms with Crippen molar-refractivity contribution in [3.8, 4) is 0 Å². The van der Waals surface area contributed by atoms with Crippen LogP contribution in [-0.2, 0) is 6.16 Å². The number of benzene rings is 4. The molecule has 0 bridgehead atoms. The molecule has 0 amide bonds. The third kappa shape index (κ3) is 3.14. The van der Waals surface area contributed by atoms with Crippen molar-refractivity contribution in [3.05, 3.63) is 127 Å². The minimum absolute atomic E-state index is 0.981. The second kappa shape index (κ2) is 7.40. The Labute approximate surface area is 164 Å². The third-order valence-corrected chi connectivity index (χ3v) is 14.1. The van der Waals surface area contributed by atoms with E-state index < -0.39 is 6.29 Å². The van der Waals surface area contributed by atoms with Gasteiger partial charge >= 0.3 is 164 Å². The fourth-order valence-electron chi connectivity index (χ4n) is 3.99. The zero-order chi connectivity index (χ0) is 18.6. The summed E-state index contributed by atoms with van der Waals surface area (Å²) < 4.78 is 0. The van der Waals surface area contributed by atoms with Crippen LogP contribution in [0, 0.1) is 0 Å². The van der Waals surface area contributed by atoms with Crippen LogP contribution in [0.1, 0.15) is 5.56 Å². The van der Waals surface area contributed by atoms with Crippen LogP contribution >= 0.6 is 15.2 Å². The Kier molecular flexibility index (Phi) is 4.96. The van der Waals surface area contributed by atoms with Gasteiger partial charge < -0.3 is 0 Å². The van der Waals surface area contributed by atoms with Crippen LogP contribution in [0.2, 0.25) is 0 Å². The van der Waals surface area contributed by atoms with E-state index >= 15 is 0 Å². The van der Waals surface area contributed by atoms with Crippen molar-refractivity contribution in [1.29, 1.82) is 0 Å². The van der Waals surface area contributed by atoms with Gasteiger partial charge in [0.2, 0.25) is 0 Å². The van der Waals surface area contributed by atoms with Crippen LogP contribution in [0.15, 0.2) is 121 Å². The van der Waals surface area contributed by atoms with Crippen LogP contribution in [0.4, 0.5) is 0 Å². The second-order valence-electron chi connectivity index (χ2n) is 7.03. The van der Waals surface area contributed by atoms with Gasteiger partial charge in [0, 0.05) is 0 Å². The summed E-state index contributed by atoms with van der Waals surface area (Å²) in [5.41, 5.74) is 1.36. The molecule has 4 rings (SSSR count). The summed E-state index contributed by atoms with van der Waals surface area (Å²) in [5, 5.41) is 4.19. The van der Waals surface area contributed by atoms with E-state index in [0.717, 1.165) is 6.16 Å². The van der Waals surface area contributed by atoms with Crippen LogP contribution in [-0.4, -0.2) is 0 Å². The number of hydrogen-bond acceptors (Lipinski definition) is 0. The summed E-state index contributed by atoms with van der Waals surface area (Å²) in [4.78, 5) is 0. The Morgan fingerprint density at radius 1 is 0.444 bits per heavy atom. The predicted molar refractivity (Wildman–Crippen MR) is 125 cm³/mol. The first-order chi connectivity index (χ1) is 13.2. The van der Waals surface area contributed by atoms with Crippen molar-refractivity contribution >= 4 is 31.1 Å². The van der Waals surface area contributed by atoms with Gasteiger partial charge in [0.1, 0.15) is 0 Å². The Balaban J connectivity index is 2.09. The summed E-state index contributed by atoms with van der Waals surface area (Å²) in [6, 6.07) is 44.0. The molecule has 0 saturated carbocycles. The van der Waals surface area contributed by atoms with E-state index in [0.29, 0.717) is 0 Å². The van der Waals surface area contributed by atoms with Gasteiger partial charge in [-0.1, -0.05) is 0 Å². The third-order valence-electron chi connectivity index (χ3n) is 5.39. The molecule has 0 heterocycles. The van der Waals surface area contributed by atoms with E-state index in [-0.39, 0.29) is 0 Å². The van der Waals surface area contributed by atoms with Gasteiger partial charge in [-0.2, -0.15) is 0 Å². The molecule has 0 aromatic heterocycles. The molecular weight excluding hydrogens is 362 g/mol. The molecule has 0 aliphatic carbocycles. The maximum atomic E-state index is 3.40. The summed E-state index contributed by atoms with van der Waals surface area (Å²) >= 11 is 0. The molecule has 0 saturated heterocycles. The van der Waals surface area contributed by atoms with Gasteiger partial charge in [0.25, 0.3) is 0 Å².